The lowest BCUT2D eigenvalue weighted by molar-refractivity contribution is -0.141. The number of hydrogen-bond donors (Lipinski definition) is 0. The quantitative estimate of drug-likeness (QED) is 0.251. The van der Waals surface area contributed by atoms with E-state index in [9.17, 15) is 9.18 Å². The van der Waals surface area contributed by atoms with Gasteiger partial charge in [0.25, 0.3) is 0 Å². The molecule has 1 heterocycles. The Hall–Kier alpha value is -3.48. The molecule has 0 amide bonds. The monoisotopic (exact) mass is 529 g/mol. The number of halogens is 1. The number of nitrogens with zero attached hydrogens (tertiary/aromatic N) is 1. The zero-order valence-electron chi connectivity index (χ0n) is 22.9. The van der Waals surface area contributed by atoms with Crippen molar-refractivity contribution in [3.63, 3.8) is 0 Å². The van der Waals surface area contributed by atoms with Crippen LogP contribution in [0.1, 0.15) is 58.3 Å². The van der Waals surface area contributed by atoms with Gasteiger partial charge in [-0.1, -0.05) is 30.3 Å². The van der Waals surface area contributed by atoms with Crippen LogP contribution >= 0.6 is 0 Å². The summed E-state index contributed by atoms with van der Waals surface area (Å²) in [6.07, 6.45) is 4.53. The molecular weight excluding hydrogens is 493 g/mol. The van der Waals surface area contributed by atoms with Crippen molar-refractivity contribution in [1.82, 2.24) is 0 Å². The number of carbonyl (C=O) groups excluding carboxylic acids is 1. The predicted octanol–water partition coefficient (Wildman–Crippen LogP) is 6.74. The minimum absolute atomic E-state index is 0.152. The number of anilines is 1. The summed E-state index contributed by atoms with van der Waals surface area (Å²) in [6, 6.07) is 21.4. The Morgan fingerprint density at radius 3 is 2.18 bits per heavy atom. The number of aryl methyl sites for hydroxylation is 1. The van der Waals surface area contributed by atoms with E-state index in [0.717, 1.165) is 73.0 Å². The molecule has 0 atom stereocenters. The van der Waals surface area contributed by atoms with Gasteiger partial charge in [-0.3, -0.25) is 0 Å². The molecule has 1 aliphatic heterocycles. The summed E-state index contributed by atoms with van der Waals surface area (Å²) in [4.78, 5) is 14.7. The molecule has 0 aromatic heterocycles. The highest BCUT2D eigenvalue weighted by Gasteiger charge is 2.27. The van der Waals surface area contributed by atoms with E-state index in [-0.39, 0.29) is 18.1 Å². The van der Waals surface area contributed by atoms with Crippen LogP contribution in [-0.4, -0.2) is 46.7 Å². The molecule has 39 heavy (non-hydrogen) atoms. The van der Waals surface area contributed by atoms with Gasteiger partial charge in [0, 0.05) is 38.9 Å². The van der Waals surface area contributed by atoms with Crippen molar-refractivity contribution in [1.29, 1.82) is 0 Å². The fraction of sp³-hybridized carbons (Fsp3) is 0.364. The lowest BCUT2D eigenvalue weighted by Gasteiger charge is -2.36. The SMILES string of the molecule is COC(=O)c1ccc2c(c1)CCCC(c1ccc(F)cc1)=C2c1ccc(N2CCC(C(OC)OC)CC2)cc1. The number of rotatable bonds is 7. The van der Waals surface area contributed by atoms with E-state index >= 15 is 0 Å². The van der Waals surface area contributed by atoms with Gasteiger partial charge >= 0.3 is 5.97 Å². The van der Waals surface area contributed by atoms with Crippen LogP contribution < -0.4 is 4.90 Å². The van der Waals surface area contributed by atoms with E-state index < -0.39 is 0 Å². The smallest absolute Gasteiger partial charge is 0.337 e. The molecule has 1 fully saturated rings. The summed E-state index contributed by atoms with van der Waals surface area (Å²) in [5.41, 5.74) is 8.46. The van der Waals surface area contributed by atoms with Crippen molar-refractivity contribution in [2.45, 2.75) is 38.4 Å². The molecule has 0 radical (unpaired) electrons. The first-order valence-electron chi connectivity index (χ1n) is 13.6. The largest absolute Gasteiger partial charge is 0.465 e. The number of fused-ring (bicyclic) bond motifs is 1. The highest BCUT2D eigenvalue weighted by molar-refractivity contribution is 6.01. The molecule has 5 rings (SSSR count). The topological polar surface area (TPSA) is 48.0 Å². The normalized spacial score (nSPS) is 16.3. The minimum Gasteiger partial charge on any atom is -0.465 e. The number of benzene rings is 3. The maximum absolute atomic E-state index is 13.8. The number of allylic oxidation sites excluding steroid dienone is 1. The molecule has 0 unspecified atom stereocenters. The minimum atomic E-state index is -0.332. The Labute approximate surface area is 230 Å². The molecule has 5 nitrogen and oxygen atoms in total. The molecule has 3 aromatic carbocycles. The average molecular weight is 530 g/mol. The van der Waals surface area contributed by atoms with E-state index in [0.29, 0.717) is 11.5 Å². The fourth-order valence-corrected chi connectivity index (χ4v) is 6.05. The summed E-state index contributed by atoms with van der Waals surface area (Å²) in [6.45, 7) is 1.91. The van der Waals surface area contributed by atoms with E-state index in [1.165, 1.54) is 30.5 Å². The van der Waals surface area contributed by atoms with Crippen molar-refractivity contribution in [2.24, 2.45) is 5.92 Å². The maximum Gasteiger partial charge on any atom is 0.337 e. The Morgan fingerprint density at radius 1 is 0.872 bits per heavy atom. The second kappa shape index (κ2) is 12.1. The lowest BCUT2D eigenvalue weighted by Crippen LogP contribution is -2.39. The van der Waals surface area contributed by atoms with Crippen LogP contribution in [0, 0.1) is 11.7 Å². The van der Waals surface area contributed by atoms with Crippen LogP contribution in [0.4, 0.5) is 10.1 Å². The number of methoxy groups -OCH3 is 3. The zero-order chi connectivity index (χ0) is 27.4. The average Bonchev–Trinajstić information content (AvgIpc) is 3.17. The molecule has 0 bridgehead atoms. The second-order valence-corrected chi connectivity index (χ2v) is 10.3. The van der Waals surface area contributed by atoms with Gasteiger partial charge in [-0.05, 0) is 102 Å². The van der Waals surface area contributed by atoms with E-state index in [4.69, 9.17) is 14.2 Å². The lowest BCUT2D eigenvalue weighted by atomic mass is 9.87. The summed E-state index contributed by atoms with van der Waals surface area (Å²) in [7, 11) is 4.82. The number of carbonyl (C=O) groups is 1. The molecule has 0 saturated carbocycles. The van der Waals surface area contributed by atoms with Crippen molar-refractivity contribution in [2.75, 3.05) is 39.3 Å². The van der Waals surface area contributed by atoms with Crippen LogP contribution in [0.15, 0.2) is 66.7 Å². The van der Waals surface area contributed by atoms with Crippen molar-refractivity contribution in [3.8, 4) is 0 Å². The molecular formula is C33H36FNO4. The molecule has 1 saturated heterocycles. The number of hydrogen-bond acceptors (Lipinski definition) is 5. The van der Waals surface area contributed by atoms with Crippen LogP contribution in [0.2, 0.25) is 0 Å². The van der Waals surface area contributed by atoms with Crippen molar-refractivity contribution >= 4 is 22.8 Å². The summed E-state index contributed by atoms with van der Waals surface area (Å²) in [5, 5.41) is 0. The molecule has 204 valence electrons. The molecule has 2 aliphatic rings. The highest BCUT2D eigenvalue weighted by atomic mass is 19.1. The van der Waals surface area contributed by atoms with Gasteiger partial charge in [0.2, 0.25) is 0 Å². The van der Waals surface area contributed by atoms with Gasteiger partial charge in [-0.15, -0.1) is 0 Å². The Balaban J connectivity index is 1.50. The predicted molar refractivity (Wildman–Crippen MR) is 152 cm³/mol. The molecule has 1 aliphatic carbocycles. The number of esters is 1. The summed E-state index contributed by atoms with van der Waals surface area (Å²) < 4.78 is 29.7. The van der Waals surface area contributed by atoms with Crippen molar-refractivity contribution < 1.29 is 23.4 Å². The van der Waals surface area contributed by atoms with E-state index in [2.05, 4.69) is 29.2 Å². The van der Waals surface area contributed by atoms with Gasteiger partial charge in [0.15, 0.2) is 6.29 Å². The molecule has 6 heteroatoms. The van der Waals surface area contributed by atoms with Gasteiger partial charge in [-0.25, -0.2) is 9.18 Å². The van der Waals surface area contributed by atoms with Gasteiger partial charge < -0.3 is 19.1 Å². The van der Waals surface area contributed by atoms with Crippen LogP contribution in [0.25, 0.3) is 11.1 Å². The standard InChI is InChI=1S/C33H36FNO4/c1-37-32(36)26-11-16-30-25(21-26)5-4-6-29(22-7-12-27(34)13-8-22)31(30)23-9-14-28(15-10-23)35-19-17-24(18-20-35)33(38-2)39-3/h7-16,21,24,33H,4-6,17-20H2,1-3H3. The molecule has 3 aromatic rings. The van der Waals surface area contributed by atoms with Gasteiger partial charge in [0.1, 0.15) is 5.82 Å². The first kappa shape index (κ1) is 27.1. The number of piperidine rings is 1. The molecule has 0 spiro atoms. The van der Waals surface area contributed by atoms with Gasteiger partial charge in [0.05, 0.1) is 12.7 Å². The maximum atomic E-state index is 13.8. The van der Waals surface area contributed by atoms with Crippen LogP contribution in [0.3, 0.4) is 0 Å². The summed E-state index contributed by atoms with van der Waals surface area (Å²) in [5.74, 6) is -0.175. The van der Waals surface area contributed by atoms with Gasteiger partial charge in [-0.2, -0.15) is 0 Å². The Kier molecular flexibility index (Phi) is 8.44. The van der Waals surface area contributed by atoms with E-state index in [1.807, 2.05) is 30.3 Å². The Bertz CT molecular complexity index is 1320. The third-order valence-electron chi connectivity index (χ3n) is 8.07. The first-order valence-corrected chi connectivity index (χ1v) is 13.6. The third kappa shape index (κ3) is 5.77. The van der Waals surface area contributed by atoms with E-state index in [1.54, 1.807) is 14.2 Å². The first-order chi connectivity index (χ1) is 19.0. The second-order valence-electron chi connectivity index (χ2n) is 10.3. The third-order valence-corrected chi connectivity index (χ3v) is 8.07. The Morgan fingerprint density at radius 2 is 1.54 bits per heavy atom. The highest BCUT2D eigenvalue weighted by Crippen LogP contribution is 2.41. The molecule has 0 N–H and O–H groups in total. The summed E-state index contributed by atoms with van der Waals surface area (Å²) >= 11 is 0. The number of ether oxygens (including phenoxy) is 3. The van der Waals surface area contributed by atoms with Crippen LogP contribution in [0.5, 0.6) is 0 Å². The fourth-order valence-electron chi connectivity index (χ4n) is 6.05. The zero-order valence-corrected chi connectivity index (χ0v) is 22.9. The van der Waals surface area contributed by atoms with Crippen LogP contribution in [-0.2, 0) is 20.6 Å². The van der Waals surface area contributed by atoms with Crippen molar-refractivity contribution in [3.05, 3.63) is 100 Å².